The molecule has 216 valence electrons. The van der Waals surface area contributed by atoms with Gasteiger partial charge in [-0.2, -0.15) is 18.4 Å². The van der Waals surface area contributed by atoms with Gasteiger partial charge in [-0.15, -0.1) is 0 Å². The second-order valence-corrected chi connectivity index (χ2v) is 12.6. The van der Waals surface area contributed by atoms with Gasteiger partial charge in [-0.1, -0.05) is 27.7 Å². The average molecular weight is 555 g/mol. The van der Waals surface area contributed by atoms with Crippen molar-refractivity contribution >= 4 is 24.0 Å². The maximum absolute atomic E-state index is 13.7. The molecule has 2 aliphatic heterocycles. The summed E-state index contributed by atoms with van der Waals surface area (Å²) in [5.74, 6) is -3.04. The lowest BCUT2D eigenvalue weighted by Gasteiger charge is -2.48. The number of nitrogens with one attached hydrogen (secondary N) is 3. The van der Waals surface area contributed by atoms with Gasteiger partial charge in [0.15, 0.2) is 11.6 Å². The lowest BCUT2D eigenvalue weighted by Crippen LogP contribution is -3.33. The van der Waals surface area contributed by atoms with E-state index in [0.717, 1.165) is 19.3 Å². The minimum Gasteiger partial charge on any atom is -0.343 e. The molecule has 2 saturated heterocycles. The van der Waals surface area contributed by atoms with Gasteiger partial charge in [-0.05, 0) is 45.2 Å². The van der Waals surface area contributed by atoms with E-state index in [-0.39, 0.29) is 49.0 Å². The van der Waals surface area contributed by atoms with Gasteiger partial charge in [-0.3, -0.25) is 9.59 Å². The highest BCUT2D eigenvalue weighted by Gasteiger charge is 2.95. The van der Waals surface area contributed by atoms with Crippen molar-refractivity contribution in [1.82, 2.24) is 15.5 Å². The van der Waals surface area contributed by atoms with E-state index in [1.807, 2.05) is 20.9 Å². The molecule has 3 N–H and O–H groups in total. The van der Waals surface area contributed by atoms with Crippen LogP contribution in [-0.2, 0) is 19.2 Å². The highest BCUT2D eigenvalue weighted by molar-refractivity contribution is 5.96. The molecule has 12 heteroatoms. The summed E-state index contributed by atoms with van der Waals surface area (Å²) in [4.78, 5) is 53.6. The Morgan fingerprint density at radius 2 is 1.92 bits per heavy atom. The molecule has 4 rings (SSSR count). The SMILES string of the molecule is CNCCCC(C=O)CC(C#N)[NH+]1C(=O)C2N(C(=O)C(NC(=O)C3(C(F)(F)F)CC3)C(C)C)CC3C(C)(C)C231. The van der Waals surface area contributed by atoms with Gasteiger partial charge in [-0.25, -0.2) is 9.69 Å². The van der Waals surface area contributed by atoms with Gasteiger partial charge < -0.3 is 20.3 Å². The van der Waals surface area contributed by atoms with Crippen molar-refractivity contribution in [2.24, 2.45) is 28.6 Å². The number of amides is 3. The van der Waals surface area contributed by atoms with Crippen molar-refractivity contribution < 1.29 is 37.2 Å². The zero-order valence-corrected chi connectivity index (χ0v) is 23.2. The molecular weight excluding hydrogens is 515 g/mol. The third-order valence-electron chi connectivity index (χ3n) is 9.95. The normalized spacial score (nSPS) is 31.7. The molecule has 7 unspecified atom stereocenters. The first-order valence-corrected chi connectivity index (χ1v) is 13.8. The molecule has 1 spiro atoms. The van der Waals surface area contributed by atoms with Gasteiger partial charge in [0.1, 0.15) is 23.8 Å². The number of β-lactam (4-membered cyclic amide) rings is 1. The summed E-state index contributed by atoms with van der Waals surface area (Å²) >= 11 is 0. The number of hydrogen-bond acceptors (Lipinski definition) is 6. The molecule has 2 aliphatic carbocycles. The molecule has 9 nitrogen and oxygen atoms in total. The summed E-state index contributed by atoms with van der Waals surface area (Å²) in [6.45, 7) is 8.25. The van der Waals surface area contributed by atoms with E-state index < -0.39 is 53.0 Å². The maximum atomic E-state index is 13.7. The Bertz CT molecular complexity index is 1080. The lowest BCUT2D eigenvalue weighted by molar-refractivity contribution is -0.916. The van der Waals surface area contributed by atoms with Crippen molar-refractivity contribution in [1.29, 1.82) is 5.26 Å². The van der Waals surface area contributed by atoms with E-state index in [9.17, 15) is 37.6 Å². The molecule has 2 saturated carbocycles. The molecule has 0 aromatic rings. The molecule has 39 heavy (non-hydrogen) atoms. The zero-order chi connectivity index (χ0) is 29.1. The molecule has 2 heterocycles. The van der Waals surface area contributed by atoms with Gasteiger partial charge in [0.2, 0.25) is 17.9 Å². The third kappa shape index (κ3) is 4.19. The predicted octanol–water partition coefficient (Wildman–Crippen LogP) is 0.597. The van der Waals surface area contributed by atoms with Crippen LogP contribution in [0.25, 0.3) is 0 Å². The summed E-state index contributed by atoms with van der Waals surface area (Å²) < 4.78 is 40.5. The van der Waals surface area contributed by atoms with Gasteiger partial charge in [0.25, 0.3) is 0 Å². The number of hydrogen-bond donors (Lipinski definition) is 3. The first-order valence-electron chi connectivity index (χ1n) is 13.8. The Balaban J connectivity index is 1.53. The second kappa shape index (κ2) is 9.84. The van der Waals surface area contributed by atoms with E-state index in [1.165, 1.54) is 4.90 Å². The first kappa shape index (κ1) is 29.5. The van der Waals surface area contributed by atoms with Crippen LogP contribution >= 0.6 is 0 Å². The van der Waals surface area contributed by atoms with Crippen molar-refractivity contribution in [3.8, 4) is 6.07 Å². The van der Waals surface area contributed by atoms with E-state index in [0.29, 0.717) is 11.3 Å². The minimum atomic E-state index is -4.70. The number of halogens is 3. The smallest absolute Gasteiger partial charge is 0.343 e. The summed E-state index contributed by atoms with van der Waals surface area (Å²) in [5, 5.41) is 15.4. The van der Waals surface area contributed by atoms with Crippen LogP contribution in [0.4, 0.5) is 13.2 Å². The lowest BCUT2D eigenvalue weighted by atomic mass is 9.81. The van der Waals surface area contributed by atoms with Crippen LogP contribution in [0.3, 0.4) is 0 Å². The number of quaternary nitrogens is 1. The Labute approximate surface area is 226 Å². The number of likely N-dealkylation sites (tertiary alicyclic amines) is 2. The van der Waals surface area contributed by atoms with E-state index in [2.05, 4.69) is 16.7 Å². The van der Waals surface area contributed by atoms with Crippen LogP contribution in [0.1, 0.15) is 59.8 Å². The highest BCUT2D eigenvalue weighted by Crippen LogP contribution is 2.69. The van der Waals surface area contributed by atoms with Crippen LogP contribution < -0.4 is 15.5 Å². The van der Waals surface area contributed by atoms with E-state index in [4.69, 9.17) is 0 Å². The summed E-state index contributed by atoms with van der Waals surface area (Å²) in [5.41, 5.74) is -3.49. The Morgan fingerprint density at radius 1 is 1.28 bits per heavy atom. The van der Waals surface area contributed by atoms with Crippen molar-refractivity contribution in [3.05, 3.63) is 0 Å². The van der Waals surface area contributed by atoms with Gasteiger partial charge >= 0.3 is 12.1 Å². The molecular formula is C27H39F3N5O4+. The highest BCUT2D eigenvalue weighted by atomic mass is 19.4. The number of nitrogens with zero attached hydrogens (tertiary/aromatic N) is 2. The van der Waals surface area contributed by atoms with Crippen LogP contribution in [-0.4, -0.2) is 78.9 Å². The second-order valence-electron chi connectivity index (χ2n) is 12.6. The van der Waals surface area contributed by atoms with Crippen LogP contribution in [0.15, 0.2) is 0 Å². The van der Waals surface area contributed by atoms with Gasteiger partial charge in [0.05, 0.1) is 0 Å². The standard InChI is InChI=1S/C27H38F3N5O4/c1-15(2)19(33-23(39)25(8-9-25)27(28,29)30)21(37)34-13-18-24(3,4)26(18)20(34)22(38)35(26)17(12-31)11-16(14-36)7-6-10-32-5/h14-20,32H,6-11,13H2,1-5H3,(H,33,39)/p+1. The fraction of sp³-hybridized carbons (Fsp3) is 0.815. The summed E-state index contributed by atoms with van der Waals surface area (Å²) in [7, 11) is 1.81. The monoisotopic (exact) mass is 554 g/mol. The number of carbonyl (C=O) groups is 4. The Morgan fingerprint density at radius 3 is 2.41 bits per heavy atom. The largest absolute Gasteiger partial charge is 0.403 e. The summed E-state index contributed by atoms with van der Waals surface area (Å²) in [6, 6.07) is -0.527. The molecule has 0 aromatic heterocycles. The molecule has 4 aliphatic rings. The van der Waals surface area contributed by atoms with E-state index in [1.54, 1.807) is 13.8 Å². The molecule has 4 fully saturated rings. The minimum absolute atomic E-state index is 0.0880. The number of piperidine rings is 1. The molecule has 0 aromatic carbocycles. The van der Waals surface area contributed by atoms with Crippen molar-refractivity contribution in [3.63, 3.8) is 0 Å². The van der Waals surface area contributed by atoms with Crippen LogP contribution in [0, 0.1) is 39.9 Å². The maximum Gasteiger partial charge on any atom is 0.403 e. The third-order valence-corrected chi connectivity index (χ3v) is 9.95. The zero-order valence-electron chi connectivity index (χ0n) is 23.2. The quantitative estimate of drug-likeness (QED) is 0.184. The van der Waals surface area contributed by atoms with Crippen molar-refractivity contribution in [2.45, 2.75) is 89.6 Å². The number of nitriles is 1. The number of rotatable bonds is 12. The molecule has 3 amide bonds. The fourth-order valence-electron chi connectivity index (χ4n) is 7.41. The number of alkyl halides is 3. The van der Waals surface area contributed by atoms with Crippen LogP contribution in [0.2, 0.25) is 0 Å². The first-order chi connectivity index (χ1) is 18.2. The molecule has 7 atom stereocenters. The molecule has 0 bridgehead atoms. The summed E-state index contributed by atoms with van der Waals surface area (Å²) in [6.07, 6.45) is -2.90. The Hall–Kier alpha value is -2.52. The van der Waals surface area contributed by atoms with E-state index >= 15 is 0 Å². The fourth-order valence-corrected chi connectivity index (χ4v) is 7.41. The van der Waals surface area contributed by atoms with Crippen LogP contribution in [0.5, 0.6) is 0 Å². The average Bonchev–Trinajstić information content (AvgIpc) is 3.72. The van der Waals surface area contributed by atoms with Gasteiger partial charge in [0, 0.05) is 30.2 Å². The number of carbonyl (C=O) groups excluding carboxylic acids is 4. The van der Waals surface area contributed by atoms with Crippen molar-refractivity contribution in [2.75, 3.05) is 20.1 Å². The number of aldehydes is 1. The Kier molecular flexibility index (Phi) is 7.43. The molecule has 0 radical (unpaired) electrons. The predicted molar refractivity (Wildman–Crippen MR) is 133 cm³/mol. The topological polar surface area (TPSA) is 124 Å².